The lowest BCUT2D eigenvalue weighted by molar-refractivity contribution is 0.104. The van der Waals surface area contributed by atoms with Gasteiger partial charge in [-0.3, -0.25) is 4.79 Å². The topological polar surface area (TPSA) is 42.1 Å². The van der Waals surface area contributed by atoms with E-state index < -0.39 is 0 Å². The molecule has 4 heteroatoms. The average molecular weight is 257 g/mol. The molecule has 0 bridgehead atoms. The molecule has 0 unspecified atom stereocenters. The van der Waals surface area contributed by atoms with Crippen LogP contribution in [0.3, 0.4) is 0 Å². The molecule has 0 aliphatic heterocycles. The van der Waals surface area contributed by atoms with Gasteiger partial charge in [-0.15, -0.1) is 0 Å². The number of H-pyrrole nitrogens is 1. The third kappa shape index (κ3) is 1.62. The predicted molar refractivity (Wildman–Crippen MR) is 72.6 cm³/mol. The number of aromatic nitrogens is 1. The van der Waals surface area contributed by atoms with Gasteiger partial charge in [-0.1, -0.05) is 6.07 Å². The van der Waals surface area contributed by atoms with E-state index in [-0.39, 0.29) is 5.78 Å². The number of nitrogens with one attached hydrogen (secondary N) is 1. The zero-order valence-electron chi connectivity index (χ0n) is 9.77. The van der Waals surface area contributed by atoms with Crippen molar-refractivity contribution in [2.45, 2.75) is 0 Å². The Labute approximate surface area is 108 Å². The quantitative estimate of drug-likeness (QED) is 0.730. The molecular formula is C14H11NO2S. The van der Waals surface area contributed by atoms with E-state index in [4.69, 9.17) is 4.74 Å². The van der Waals surface area contributed by atoms with Crippen LogP contribution in [-0.2, 0) is 0 Å². The number of ketones is 1. The first kappa shape index (κ1) is 11.0. The van der Waals surface area contributed by atoms with Crippen LogP contribution in [0.25, 0.3) is 10.9 Å². The summed E-state index contributed by atoms with van der Waals surface area (Å²) < 4.78 is 5.32. The van der Waals surface area contributed by atoms with Crippen molar-refractivity contribution in [2.24, 2.45) is 0 Å². The number of rotatable bonds is 3. The molecule has 1 N–H and O–H groups in total. The summed E-state index contributed by atoms with van der Waals surface area (Å²) in [5, 5.41) is 4.60. The Bertz CT molecular complexity index is 698. The van der Waals surface area contributed by atoms with Gasteiger partial charge >= 0.3 is 0 Å². The lowest BCUT2D eigenvalue weighted by Gasteiger charge is -2.03. The maximum Gasteiger partial charge on any atom is 0.196 e. The third-order valence-corrected chi connectivity index (χ3v) is 3.60. The van der Waals surface area contributed by atoms with Gasteiger partial charge in [0.25, 0.3) is 0 Å². The Kier molecular flexibility index (Phi) is 2.64. The van der Waals surface area contributed by atoms with E-state index in [1.807, 2.05) is 35.0 Å². The highest BCUT2D eigenvalue weighted by Crippen LogP contribution is 2.30. The van der Waals surface area contributed by atoms with Crippen LogP contribution in [0.2, 0.25) is 0 Å². The van der Waals surface area contributed by atoms with Gasteiger partial charge in [0.05, 0.1) is 18.1 Å². The van der Waals surface area contributed by atoms with Crippen LogP contribution >= 0.6 is 11.3 Å². The lowest BCUT2D eigenvalue weighted by Crippen LogP contribution is -1.98. The van der Waals surface area contributed by atoms with Crippen LogP contribution in [-0.4, -0.2) is 17.9 Å². The summed E-state index contributed by atoms with van der Waals surface area (Å²) in [5.41, 5.74) is 2.28. The molecule has 2 aromatic heterocycles. The second kappa shape index (κ2) is 4.31. The van der Waals surface area contributed by atoms with Crippen molar-refractivity contribution in [1.29, 1.82) is 0 Å². The Morgan fingerprint density at radius 1 is 1.33 bits per heavy atom. The molecular weight excluding hydrogens is 246 g/mol. The van der Waals surface area contributed by atoms with Gasteiger partial charge in [-0.05, 0) is 23.6 Å². The Morgan fingerprint density at radius 3 is 2.94 bits per heavy atom. The largest absolute Gasteiger partial charge is 0.496 e. The summed E-state index contributed by atoms with van der Waals surface area (Å²) in [6.07, 6.45) is 1.74. The van der Waals surface area contributed by atoms with Gasteiger partial charge in [-0.25, -0.2) is 0 Å². The molecule has 0 aliphatic carbocycles. The van der Waals surface area contributed by atoms with Crippen molar-refractivity contribution in [3.63, 3.8) is 0 Å². The Hall–Kier alpha value is -2.07. The van der Waals surface area contributed by atoms with Crippen LogP contribution in [0, 0.1) is 0 Å². The van der Waals surface area contributed by atoms with Gasteiger partial charge in [-0.2, -0.15) is 11.3 Å². The van der Waals surface area contributed by atoms with Crippen molar-refractivity contribution in [3.8, 4) is 5.75 Å². The number of methoxy groups -OCH3 is 1. The minimum Gasteiger partial charge on any atom is -0.496 e. The minimum atomic E-state index is 0.0204. The first-order valence-corrected chi connectivity index (χ1v) is 6.46. The fourth-order valence-corrected chi connectivity index (χ4v) is 2.69. The van der Waals surface area contributed by atoms with Crippen molar-refractivity contribution >= 4 is 28.0 Å². The lowest BCUT2D eigenvalue weighted by atomic mass is 10.0. The maximum atomic E-state index is 12.4. The normalized spacial score (nSPS) is 10.7. The van der Waals surface area contributed by atoms with Crippen LogP contribution in [0.1, 0.15) is 15.9 Å². The second-order valence-electron chi connectivity index (χ2n) is 3.93. The molecule has 0 fully saturated rings. The first-order chi connectivity index (χ1) is 8.81. The first-order valence-electron chi connectivity index (χ1n) is 5.52. The zero-order valence-corrected chi connectivity index (χ0v) is 10.6. The molecule has 0 spiro atoms. The van der Waals surface area contributed by atoms with E-state index in [9.17, 15) is 4.79 Å². The zero-order chi connectivity index (χ0) is 12.5. The number of hydrogen-bond acceptors (Lipinski definition) is 3. The SMILES string of the molecule is COc1cccc2[nH]cc(C(=O)c3ccsc3)c12. The molecule has 0 atom stereocenters. The highest BCUT2D eigenvalue weighted by Gasteiger charge is 2.17. The van der Waals surface area contributed by atoms with Crippen molar-refractivity contribution in [2.75, 3.05) is 7.11 Å². The van der Waals surface area contributed by atoms with E-state index in [0.29, 0.717) is 16.9 Å². The van der Waals surface area contributed by atoms with Crippen molar-refractivity contribution in [3.05, 3.63) is 52.3 Å². The van der Waals surface area contributed by atoms with E-state index in [1.165, 1.54) is 11.3 Å². The van der Waals surface area contributed by atoms with Gasteiger partial charge in [0.15, 0.2) is 5.78 Å². The number of benzene rings is 1. The summed E-state index contributed by atoms with van der Waals surface area (Å²) in [6, 6.07) is 7.53. The molecule has 0 amide bonds. The minimum absolute atomic E-state index is 0.0204. The predicted octanol–water partition coefficient (Wildman–Crippen LogP) is 3.47. The number of ether oxygens (including phenoxy) is 1. The third-order valence-electron chi connectivity index (χ3n) is 2.92. The summed E-state index contributed by atoms with van der Waals surface area (Å²) in [6.45, 7) is 0. The molecule has 0 saturated carbocycles. The number of aromatic amines is 1. The van der Waals surface area contributed by atoms with E-state index in [2.05, 4.69) is 4.98 Å². The fraction of sp³-hybridized carbons (Fsp3) is 0.0714. The van der Waals surface area contributed by atoms with Gasteiger partial charge in [0, 0.05) is 22.7 Å². The van der Waals surface area contributed by atoms with E-state index in [1.54, 1.807) is 13.3 Å². The smallest absolute Gasteiger partial charge is 0.196 e. The molecule has 3 rings (SSSR count). The summed E-state index contributed by atoms with van der Waals surface area (Å²) in [7, 11) is 1.61. The number of thiophene rings is 1. The van der Waals surface area contributed by atoms with Crippen molar-refractivity contribution in [1.82, 2.24) is 4.98 Å². The van der Waals surface area contributed by atoms with Gasteiger partial charge in [0.2, 0.25) is 0 Å². The number of carbonyl (C=O) groups is 1. The number of fused-ring (bicyclic) bond motifs is 1. The molecule has 0 saturated heterocycles. The highest BCUT2D eigenvalue weighted by molar-refractivity contribution is 7.08. The second-order valence-corrected chi connectivity index (χ2v) is 4.71. The molecule has 90 valence electrons. The molecule has 0 radical (unpaired) electrons. The van der Waals surface area contributed by atoms with Crippen LogP contribution in [0.4, 0.5) is 0 Å². The molecule has 0 aliphatic rings. The average Bonchev–Trinajstić information content (AvgIpc) is 3.06. The highest BCUT2D eigenvalue weighted by atomic mass is 32.1. The standard InChI is InChI=1S/C14H11NO2S/c1-17-12-4-2-3-11-13(12)10(7-15-11)14(16)9-5-6-18-8-9/h2-8,15H,1H3. The summed E-state index contributed by atoms with van der Waals surface area (Å²) >= 11 is 1.52. The molecule has 1 aromatic carbocycles. The molecule has 18 heavy (non-hydrogen) atoms. The van der Waals surface area contributed by atoms with Crippen LogP contribution in [0.15, 0.2) is 41.2 Å². The molecule has 3 nitrogen and oxygen atoms in total. The Balaban J connectivity index is 2.21. The van der Waals surface area contributed by atoms with Crippen LogP contribution < -0.4 is 4.74 Å². The summed E-state index contributed by atoms with van der Waals surface area (Å²) in [4.78, 5) is 15.5. The van der Waals surface area contributed by atoms with Crippen LogP contribution in [0.5, 0.6) is 5.75 Å². The van der Waals surface area contributed by atoms with Gasteiger partial charge in [0.1, 0.15) is 5.75 Å². The van der Waals surface area contributed by atoms with E-state index >= 15 is 0 Å². The molecule has 3 aromatic rings. The molecule has 2 heterocycles. The monoisotopic (exact) mass is 257 g/mol. The van der Waals surface area contributed by atoms with Crippen molar-refractivity contribution < 1.29 is 9.53 Å². The van der Waals surface area contributed by atoms with Gasteiger partial charge < -0.3 is 9.72 Å². The van der Waals surface area contributed by atoms with E-state index in [0.717, 1.165) is 10.9 Å². The fourth-order valence-electron chi connectivity index (χ4n) is 2.05. The number of carbonyl (C=O) groups excluding carboxylic acids is 1. The number of hydrogen-bond donors (Lipinski definition) is 1. The maximum absolute atomic E-state index is 12.4. The summed E-state index contributed by atoms with van der Waals surface area (Å²) in [5.74, 6) is 0.735. The Morgan fingerprint density at radius 2 is 2.22 bits per heavy atom.